The zero-order valence-electron chi connectivity index (χ0n) is 17.3. The van der Waals surface area contributed by atoms with Crippen LogP contribution >= 0.6 is 0 Å². The molecule has 4 heterocycles. The van der Waals surface area contributed by atoms with Gasteiger partial charge in [-0.1, -0.05) is 30.9 Å². The lowest BCUT2D eigenvalue weighted by Gasteiger charge is -1.94. The molecule has 162 valence electrons. The zero-order chi connectivity index (χ0) is 22.1. The third-order valence-corrected chi connectivity index (χ3v) is 2.82. The van der Waals surface area contributed by atoms with Gasteiger partial charge in [-0.2, -0.15) is 0 Å². The van der Waals surface area contributed by atoms with Gasteiger partial charge in [-0.05, 0) is 55.5 Å². The molecule has 1 N–H and O–H groups in total. The molecule has 4 rings (SSSR count). The van der Waals surface area contributed by atoms with Crippen LogP contribution in [0.4, 0.5) is 0 Å². The fourth-order valence-corrected chi connectivity index (χ4v) is 1.38. The third-order valence-electron chi connectivity index (χ3n) is 2.82. The highest BCUT2D eigenvalue weighted by Crippen LogP contribution is 1.89. The fourth-order valence-electron chi connectivity index (χ4n) is 1.38. The first kappa shape index (κ1) is 26.3. The Bertz CT molecular complexity index is 534. The molecule has 0 aromatic heterocycles. The van der Waals surface area contributed by atoms with Gasteiger partial charge >= 0.3 is 5.97 Å². The quantitative estimate of drug-likeness (QED) is 0.609. The van der Waals surface area contributed by atoms with Gasteiger partial charge < -0.3 is 24.1 Å². The number of hydrogen-bond donors (Lipinski definition) is 1. The number of allylic oxidation sites excluding steroid dienone is 8. The summed E-state index contributed by atoms with van der Waals surface area (Å²) in [4.78, 5) is 9.60. The van der Waals surface area contributed by atoms with E-state index in [2.05, 4.69) is 6.58 Å². The molecule has 0 saturated heterocycles. The first-order chi connectivity index (χ1) is 14.6. The number of rotatable bonds is 1. The molecular formula is C24H30O6. The van der Waals surface area contributed by atoms with Gasteiger partial charge in [-0.3, -0.25) is 0 Å². The molecule has 0 fully saturated rings. The van der Waals surface area contributed by atoms with E-state index in [1.807, 2.05) is 72.9 Å². The van der Waals surface area contributed by atoms with Gasteiger partial charge in [-0.25, -0.2) is 4.79 Å². The van der Waals surface area contributed by atoms with E-state index in [4.69, 9.17) is 24.1 Å². The average Bonchev–Trinajstić information content (AvgIpc) is 2.85. The fraction of sp³-hybridized carbons (Fsp3) is 0.208. The number of hydrogen-bond acceptors (Lipinski definition) is 5. The zero-order valence-corrected chi connectivity index (χ0v) is 17.3. The molecule has 6 nitrogen and oxygen atoms in total. The van der Waals surface area contributed by atoms with Crippen molar-refractivity contribution < 1.29 is 28.8 Å². The van der Waals surface area contributed by atoms with Crippen molar-refractivity contribution in [2.75, 3.05) is 26.4 Å². The number of aliphatic carboxylic acids is 1. The summed E-state index contributed by atoms with van der Waals surface area (Å²) in [5.74, 6) is -0.935. The highest BCUT2D eigenvalue weighted by Gasteiger charge is 1.90. The van der Waals surface area contributed by atoms with Crippen LogP contribution in [-0.4, -0.2) is 37.5 Å². The van der Waals surface area contributed by atoms with Gasteiger partial charge in [0.1, 0.15) is 26.4 Å². The van der Waals surface area contributed by atoms with Gasteiger partial charge in [0.15, 0.2) is 0 Å². The lowest BCUT2D eigenvalue weighted by molar-refractivity contribution is -0.132. The molecule has 4 aliphatic heterocycles. The second kappa shape index (κ2) is 21.6. The van der Waals surface area contributed by atoms with Crippen LogP contribution < -0.4 is 0 Å². The van der Waals surface area contributed by atoms with Crippen LogP contribution in [0.25, 0.3) is 0 Å². The topological polar surface area (TPSA) is 74.2 Å². The predicted octanol–water partition coefficient (Wildman–Crippen LogP) is 4.99. The molecule has 0 aliphatic carbocycles. The molecule has 0 radical (unpaired) electrons. The van der Waals surface area contributed by atoms with Crippen LogP contribution in [0.15, 0.2) is 110 Å². The smallest absolute Gasteiger partial charge is 0.330 e. The minimum atomic E-state index is -0.935. The maximum Gasteiger partial charge on any atom is 0.330 e. The molecule has 0 spiro atoms. The molecular weight excluding hydrogens is 384 g/mol. The Balaban J connectivity index is 0.000000350. The summed E-state index contributed by atoms with van der Waals surface area (Å²) in [5.41, 5.74) is 0.176. The number of carbonyl (C=O) groups is 1. The standard InChI is InChI=1S/4C5H6O.C4H6O2/c4*1-2-4-6-5-3-1;1-3(2)4(5)6/h4*1-4H,5H2;1H2,2H3,(H,5,6). The average molecular weight is 414 g/mol. The molecule has 0 aromatic carbocycles. The summed E-state index contributed by atoms with van der Waals surface area (Å²) in [6.07, 6.45) is 29.9. The molecule has 0 atom stereocenters. The minimum absolute atomic E-state index is 0.176. The molecule has 6 heteroatoms. The Morgan fingerprint density at radius 1 is 0.633 bits per heavy atom. The molecule has 0 bridgehead atoms. The van der Waals surface area contributed by atoms with Gasteiger partial charge in [0, 0.05) is 5.57 Å². The predicted molar refractivity (Wildman–Crippen MR) is 119 cm³/mol. The number of carboxylic acids is 1. The van der Waals surface area contributed by atoms with E-state index in [9.17, 15) is 4.79 Å². The Morgan fingerprint density at radius 2 is 0.867 bits per heavy atom. The lowest BCUT2D eigenvalue weighted by atomic mass is 10.4. The van der Waals surface area contributed by atoms with Crippen LogP contribution in [0.1, 0.15) is 6.92 Å². The summed E-state index contributed by atoms with van der Waals surface area (Å²) in [5, 5.41) is 7.89. The van der Waals surface area contributed by atoms with E-state index in [1.165, 1.54) is 6.92 Å². The Labute approximate surface area is 178 Å². The van der Waals surface area contributed by atoms with Crippen LogP contribution in [-0.2, 0) is 23.7 Å². The van der Waals surface area contributed by atoms with Crippen molar-refractivity contribution in [1.29, 1.82) is 0 Å². The minimum Gasteiger partial charge on any atom is -0.497 e. The van der Waals surface area contributed by atoms with Crippen molar-refractivity contribution in [3.8, 4) is 0 Å². The maximum absolute atomic E-state index is 9.60. The van der Waals surface area contributed by atoms with Gasteiger partial charge in [0.05, 0.1) is 25.0 Å². The van der Waals surface area contributed by atoms with E-state index in [1.54, 1.807) is 25.0 Å². The first-order valence-electron chi connectivity index (χ1n) is 9.26. The molecule has 0 unspecified atom stereocenters. The largest absolute Gasteiger partial charge is 0.497 e. The first-order valence-corrected chi connectivity index (χ1v) is 9.26. The van der Waals surface area contributed by atoms with Gasteiger partial charge in [0.2, 0.25) is 0 Å². The van der Waals surface area contributed by atoms with Gasteiger partial charge in [-0.15, -0.1) is 0 Å². The van der Waals surface area contributed by atoms with Crippen molar-refractivity contribution in [3.63, 3.8) is 0 Å². The third kappa shape index (κ3) is 22.4. The van der Waals surface area contributed by atoms with Crippen LogP contribution in [0.5, 0.6) is 0 Å². The Kier molecular flexibility index (Phi) is 19.0. The van der Waals surface area contributed by atoms with Gasteiger partial charge in [0.25, 0.3) is 0 Å². The van der Waals surface area contributed by atoms with Crippen LogP contribution in [0, 0.1) is 0 Å². The van der Waals surface area contributed by atoms with Crippen molar-refractivity contribution in [3.05, 3.63) is 110 Å². The summed E-state index contributed by atoms with van der Waals surface area (Å²) >= 11 is 0. The van der Waals surface area contributed by atoms with Crippen LogP contribution in [0.3, 0.4) is 0 Å². The van der Waals surface area contributed by atoms with Crippen LogP contribution in [0.2, 0.25) is 0 Å². The second-order valence-electron chi connectivity index (χ2n) is 5.45. The molecule has 30 heavy (non-hydrogen) atoms. The molecule has 0 amide bonds. The Hall–Kier alpha value is -3.67. The van der Waals surface area contributed by atoms with E-state index in [-0.39, 0.29) is 5.57 Å². The van der Waals surface area contributed by atoms with E-state index in [0.717, 1.165) is 26.4 Å². The summed E-state index contributed by atoms with van der Waals surface area (Å²) in [7, 11) is 0. The summed E-state index contributed by atoms with van der Waals surface area (Å²) in [6.45, 7) is 7.53. The second-order valence-corrected chi connectivity index (χ2v) is 5.45. The van der Waals surface area contributed by atoms with E-state index in [0.29, 0.717) is 0 Å². The molecule has 4 aliphatic rings. The monoisotopic (exact) mass is 414 g/mol. The number of ether oxygens (including phenoxy) is 4. The highest BCUT2D eigenvalue weighted by molar-refractivity contribution is 5.84. The maximum atomic E-state index is 9.60. The highest BCUT2D eigenvalue weighted by atomic mass is 16.5. The van der Waals surface area contributed by atoms with Crippen molar-refractivity contribution in [2.45, 2.75) is 6.92 Å². The lowest BCUT2D eigenvalue weighted by Crippen LogP contribution is -1.92. The van der Waals surface area contributed by atoms with Crippen molar-refractivity contribution in [2.24, 2.45) is 0 Å². The number of carboxylic acid groups (broad SMARTS) is 1. The summed E-state index contributed by atoms with van der Waals surface area (Å²) < 4.78 is 19.2. The summed E-state index contributed by atoms with van der Waals surface area (Å²) in [6, 6.07) is 0. The van der Waals surface area contributed by atoms with E-state index >= 15 is 0 Å². The van der Waals surface area contributed by atoms with E-state index < -0.39 is 5.97 Å². The van der Waals surface area contributed by atoms with Crippen molar-refractivity contribution >= 4 is 5.97 Å². The Morgan fingerprint density at radius 3 is 0.900 bits per heavy atom. The van der Waals surface area contributed by atoms with Crippen molar-refractivity contribution in [1.82, 2.24) is 0 Å². The normalized spacial score (nSPS) is 15.4. The molecule has 0 aromatic rings. The SMILES string of the molecule is C1=CCOC=C1.C1=CCOC=C1.C1=CCOC=C1.C1=CCOC=C1.C=C(C)C(=O)O. The molecule has 0 saturated carbocycles.